The smallest absolute Gasteiger partial charge is 0.287 e. The van der Waals surface area contributed by atoms with Crippen LogP contribution >= 0.6 is 11.3 Å². The lowest BCUT2D eigenvalue weighted by molar-refractivity contribution is -0.384. The number of carbonyl (C=O) groups is 1. The van der Waals surface area contributed by atoms with Gasteiger partial charge >= 0.3 is 0 Å². The van der Waals surface area contributed by atoms with E-state index in [4.69, 9.17) is 4.42 Å². The summed E-state index contributed by atoms with van der Waals surface area (Å²) >= 11 is 1.67. The Morgan fingerprint density at radius 2 is 2.06 bits per heavy atom. The minimum absolute atomic E-state index is 0.0265. The maximum absolute atomic E-state index is 12.7. The SMILES string of the molecule is Cc1c(C(=O)NCCc2cccs2)oc2c1/C(=N/Nc1ccc([N+](=O)[O-])cc1)CCC2. The monoisotopic (exact) mass is 438 g/mol. The highest BCUT2D eigenvalue weighted by Gasteiger charge is 2.27. The number of nitro groups is 1. The lowest BCUT2D eigenvalue weighted by atomic mass is 9.93. The number of benzene rings is 1. The van der Waals surface area contributed by atoms with E-state index in [0.29, 0.717) is 18.0 Å². The lowest BCUT2D eigenvalue weighted by Gasteiger charge is -2.13. The van der Waals surface area contributed by atoms with Gasteiger partial charge in [0, 0.05) is 41.1 Å². The minimum atomic E-state index is -0.440. The molecule has 1 aliphatic rings. The standard InChI is InChI=1S/C22H22N4O4S/c1-14-20-18(25-24-15-7-9-16(10-8-15)26(28)29)5-2-6-19(20)30-21(14)22(27)23-12-11-17-4-3-13-31-17/h3-4,7-10,13,24H,2,5-6,11-12H2,1H3,(H,23,27)/b25-18+. The van der Waals surface area contributed by atoms with Crippen LogP contribution in [-0.2, 0) is 12.8 Å². The fourth-order valence-electron chi connectivity index (χ4n) is 3.62. The Morgan fingerprint density at radius 3 is 2.77 bits per heavy atom. The third kappa shape index (κ3) is 4.66. The van der Waals surface area contributed by atoms with Crippen LogP contribution in [0.15, 0.2) is 51.3 Å². The molecule has 0 radical (unpaired) electrons. The van der Waals surface area contributed by atoms with Crippen LogP contribution in [0.4, 0.5) is 11.4 Å². The summed E-state index contributed by atoms with van der Waals surface area (Å²) in [5, 5.41) is 20.3. The van der Waals surface area contributed by atoms with Crippen LogP contribution in [0.5, 0.6) is 0 Å². The molecule has 0 aliphatic heterocycles. The predicted octanol–water partition coefficient (Wildman–Crippen LogP) is 4.68. The van der Waals surface area contributed by atoms with Gasteiger partial charge in [-0.1, -0.05) is 6.07 Å². The van der Waals surface area contributed by atoms with E-state index in [9.17, 15) is 14.9 Å². The van der Waals surface area contributed by atoms with Gasteiger partial charge in [-0.3, -0.25) is 20.3 Å². The highest BCUT2D eigenvalue weighted by atomic mass is 32.1. The number of hydrogen-bond donors (Lipinski definition) is 2. The van der Waals surface area contributed by atoms with Crippen molar-refractivity contribution in [1.29, 1.82) is 0 Å². The van der Waals surface area contributed by atoms with Crippen LogP contribution in [0.25, 0.3) is 0 Å². The molecular weight excluding hydrogens is 416 g/mol. The first kappa shape index (κ1) is 20.8. The molecule has 2 heterocycles. The summed E-state index contributed by atoms with van der Waals surface area (Å²) in [5.74, 6) is 0.892. The number of nitrogens with one attached hydrogen (secondary N) is 2. The number of hydrogen-bond acceptors (Lipinski definition) is 7. The Kier molecular flexibility index (Phi) is 6.13. The summed E-state index contributed by atoms with van der Waals surface area (Å²) in [6.07, 6.45) is 3.18. The number of anilines is 1. The number of amides is 1. The van der Waals surface area contributed by atoms with Gasteiger partial charge < -0.3 is 9.73 Å². The van der Waals surface area contributed by atoms with Crippen molar-refractivity contribution in [3.63, 3.8) is 0 Å². The summed E-state index contributed by atoms with van der Waals surface area (Å²) in [5.41, 5.74) is 6.12. The average molecular weight is 439 g/mol. The zero-order chi connectivity index (χ0) is 21.8. The molecule has 0 fully saturated rings. The molecule has 160 valence electrons. The Labute approximate surface area is 183 Å². The van der Waals surface area contributed by atoms with Crippen molar-refractivity contribution in [2.75, 3.05) is 12.0 Å². The molecule has 1 aliphatic carbocycles. The Morgan fingerprint density at radius 1 is 1.26 bits per heavy atom. The Bertz CT molecular complexity index is 1120. The van der Waals surface area contributed by atoms with Crippen molar-refractivity contribution in [2.45, 2.75) is 32.6 Å². The first-order valence-corrected chi connectivity index (χ1v) is 10.9. The van der Waals surface area contributed by atoms with Crippen LogP contribution in [0, 0.1) is 17.0 Å². The van der Waals surface area contributed by atoms with E-state index in [1.807, 2.05) is 24.4 Å². The Hall–Kier alpha value is -3.46. The van der Waals surface area contributed by atoms with Crippen molar-refractivity contribution >= 4 is 34.3 Å². The van der Waals surface area contributed by atoms with Crippen molar-refractivity contribution in [2.24, 2.45) is 5.10 Å². The number of carbonyl (C=O) groups excluding carboxylic acids is 1. The quantitative estimate of drug-likeness (QED) is 0.411. The first-order chi connectivity index (χ1) is 15.0. The summed E-state index contributed by atoms with van der Waals surface area (Å²) in [4.78, 5) is 24.2. The number of furan rings is 1. The number of fused-ring (bicyclic) bond motifs is 1. The number of hydrazone groups is 1. The fourth-order valence-corrected chi connectivity index (χ4v) is 4.33. The second kappa shape index (κ2) is 9.13. The lowest BCUT2D eigenvalue weighted by Crippen LogP contribution is -2.25. The van der Waals surface area contributed by atoms with Crippen LogP contribution in [0.2, 0.25) is 0 Å². The van der Waals surface area contributed by atoms with Gasteiger partial charge in [-0.05, 0) is 49.8 Å². The van der Waals surface area contributed by atoms with Crippen LogP contribution in [0.3, 0.4) is 0 Å². The largest absolute Gasteiger partial charge is 0.455 e. The number of nitro benzene ring substituents is 1. The molecule has 31 heavy (non-hydrogen) atoms. The Balaban J connectivity index is 1.47. The normalized spacial score (nSPS) is 14.3. The van der Waals surface area contributed by atoms with E-state index < -0.39 is 4.92 Å². The molecule has 0 saturated heterocycles. The van der Waals surface area contributed by atoms with E-state index in [2.05, 4.69) is 15.8 Å². The molecule has 1 aromatic carbocycles. The summed E-state index contributed by atoms with van der Waals surface area (Å²) in [6.45, 7) is 2.43. The van der Waals surface area contributed by atoms with Gasteiger partial charge in [-0.25, -0.2) is 0 Å². The van der Waals surface area contributed by atoms with Gasteiger partial charge in [0.05, 0.1) is 16.3 Å². The molecule has 2 aromatic heterocycles. The van der Waals surface area contributed by atoms with E-state index in [1.165, 1.54) is 17.0 Å². The molecule has 0 atom stereocenters. The molecule has 0 bridgehead atoms. The second-order valence-electron chi connectivity index (χ2n) is 7.27. The molecule has 0 spiro atoms. The number of aryl methyl sites for hydroxylation is 1. The molecule has 1 amide bonds. The molecule has 9 heteroatoms. The average Bonchev–Trinajstić information content (AvgIpc) is 3.41. The third-order valence-electron chi connectivity index (χ3n) is 5.17. The maximum Gasteiger partial charge on any atom is 0.287 e. The van der Waals surface area contributed by atoms with E-state index >= 15 is 0 Å². The zero-order valence-electron chi connectivity index (χ0n) is 17.0. The molecular formula is C22H22N4O4S. The molecule has 8 nitrogen and oxygen atoms in total. The van der Waals surface area contributed by atoms with Crippen LogP contribution in [0.1, 0.15) is 45.2 Å². The van der Waals surface area contributed by atoms with Crippen LogP contribution < -0.4 is 10.7 Å². The van der Waals surface area contributed by atoms with Gasteiger partial charge in [-0.2, -0.15) is 5.10 Å². The number of rotatable bonds is 7. The fraction of sp³-hybridized carbons (Fsp3) is 0.273. The first-order valence-electron chi connectivity index (χ1n) is 10.0. The minimum Gasteiger partial charge on any atom is -0.455 e. The summed E-state index contributed by atoms with van der Waals surface area (Å²) in [6, 6.07) is 10.1. The van der Waals surface area contributed by atoms with Crippen molar-refractivity contribution < 1.29 is 14.1 Å². The van der Waals surface area contributed by atoms with Gasteiger partial charge in [0.1, 0.15) is 5.76 Å². The van der Waals surface area contributed by atoms with Gasteiger partial charge in [0.2, 0.25) is 0 Å². The third-order valence-corrected chi connectivity index (χ3v) is 6.10. The van der Waals surface area contributed by atoms with Crippen molar-refractivity contribution in [3.8, 4) is 0 Å². The zero-order valence-corrected chi connectivity index (χ0v) is 17.8. The molecule has 3 aromatic rings. The summed E-state index contributed by atoms with van der Waals surface area (Å²) in [7, 11) is 0. The van der Waals surface area contributed by atoms with Gasteiger partial charge in [0.25, 0.3) is 11.6 Å². The van der Waals surface area contributed by atoms with E-state index in [-0.39, 0.29) is 11.6 Å². The van der Waals surface area contributed by atoms with Crippen molar-refractivity contribution in [3.05, 3.63) is 79.4 Å². The molecule has 2 N–H and O–H groups in total. The van der Waals surface area contributed by atoms with Crippen molar-refractivity contribution in [1.82, 2.24) is 5.32 Å². The van der Waals surface area contributed by atoms with Gasteiger partial charge in [-0.15, -0.1) is 11.3 Å². The highest BCUT2D eigenvalue weighted by Crippen LogP contribution is 2.30. The second-order valence-corrected chi connectivity index (χ2v) is 8.30. The maximum atomic E-state index is 12.7. The topological polar surface area (TPSA) is 110 Å². The van der Waals surface area contributed by atoms with E-state index in [0.717, 1.165) is 48.3 Å². The highest BCUT2D eigenvalue weighted by molar-refractivity contribution is 7.09. The summed E-state index contributed by atoms with van der Waals surface area (Å²) < 4.78 is 5.92. The number of nitrogens with zero attached hydrogens (tertiary/aromatic N) is 2. The number of non-ortho nitro benzene ring substituents is 1. The van der Waals surface area contributed by atoms with Gasteiger partial charge in [0.15, 0.2) is 5.76 Å². The predicted molar refractivity (Wildman–Crippen MR) is 120 cm³/mol. The molecule has 4 rings (SSSR count). The van der Waals surface area contributed by atoms with Crippen LogP contribution in [-0.4, -0.2) is 23.1 Å². The van der Waals surface area contributed by atoms with E-state index in [1.54, 1.807) is 23.5 Å². The number of thiophene rings is 1. The molecule has 0 unspecified atom stereocenters. The molecule has 0 saturated carbocycles.